The van der Waals surface area contributed by atoms with Gasteiger partial charge >= 0.3 is 0 Å². The first-order valence-corrected chi connectivity index (χ1v) is 7.57. The highest BCUT2D eigenvalue weighted by atomic mass is 19.1. The number of nitrogens with one attached hydrogen (secondary N) is 2. The molecule has 128 valence electrons. The minimum atomic E-state index is -0.392. The molecule has 0 aliphatic heterocycles. The number of carbonyl (C=O) groups is 1. The van der Waals surface area contributed by atoms with Gasteiger partial charge in [-0.1, -0.05) is 12.1 Å². The molecule has 1 aromatic rings. The van der Waals surface area contributed by atoms with E-state index in [9.17, 15) is 9.18 Å². The van der Waals surface area contributed by atoms with E-state index in [1.165, 1.54) is 11.0 Å². The van der Waals surface area contributed by atoms with Crippen LogP contribution >= 0.6 is 0 Å². The van der Waals surface area contributed by atoms with E-state index < -0.39 is 5.82 Å². The van der Waals surface area contributed by atoms with Gasteiger partial charge in [0.25, 0.3) is 0 Å². The Morgan fingerprint density at radius 1 is 1.35 bits per heavy atom. The van der Waals surface area contributed by atoms with E-state index in [-0.39, 0.29) is 24.3 Å². The Labute approximate surface area is 136 Å². The number of para-hydroxylation sites is 1. The van der Waals surface area contributed by atoms with Crippen LogP contribution in [0.25, 0.3) is 0 Å². The van der Waals surface area contributed by atoms with Crippen molar-refractivity contribution in [3.63, 3.8) is 0 Å². The van der Waals surface area contributed by atoms with Crippen LogP contribution in [0.15, 0.2) is 29.3 Å². The molecule has 2 N–H and O–H groups in total. The van der Waals surface area contributed by atoms with Gasteiger partial charge in [-0.05, 0) is 26.0 Å². The van der Waals surface area contributed by atoms with Gasteiger partial charge in [-0.15, -0.1) is 0 Å². The van der Waals surface area contributed by atoms with Gasteiger partial charge in [0.2, 0.25) is 5.91 Å². The molecular formula is C16H25FN4O2. The zero-order valence-electron chi connectivity index (χ0n) is 14.1. The molecule has 23 heavy (non-hydrogen) atoms. The Hall–Kier alpha value is -2.31. The number of rotatable bonds is 7. The fourth-order valence-corrected chi connectivity index (χ4v) is 1.67. The Morgan fingerprint density at radius 3 is 2.65 bits per heavy atom. The van der Waals surface area contributed by atoms with Gasteiger partial charge in [0.15, 0.2) is 17.5 Å². The molecule has 0 aliphatic rings. The number of benzene rings is 1. The summed E-state index contributed by atoms with van der Waals surface area (Å²) >= 11 is 0. The summed E-state index contributed by atoms with van der Waals surface area (Å²) in [4.78, 5) is 17.3. The van der Waals surface area contributed by atoms with E-state index in [0.717, 1.165) is 0 Å². The van der Waals surface area contributed by atoms with Crippen LogP contribution in [0.2, 0.25) is 0 Å². The summed E-state index contributed by atoms with van der Waals surface area (Å²) in [7, 11) is 3.37. The highest BCUT2D eigenvalue weighted by molar-refractivity contribution is 5.84. The van der Waals surface area contributed by atoms with E-state index in [1.807, 2.05) is 13.8 Å². The SMILES string of the molecule is CCNC(=NCC(=O)N(C)C)NCC(C)Oc1ccccc1F. The average Bonchev–Trinajstić information content (AvgIpc) is 2.51. The van der Waals surface area contributed by atoms with Crippen LogP contribution in [0.3, 0.4) is 0 Å². The topological polar surface area (TPSA) is 66.0 Å². The van der Waals surface area contributed by atoms with Crippen LogP contribution in [0.5, 0.6) is 5.75 Å². The number of nitrogens with zero attached hydrogens (tertiary/aromatic N) is 2. The number of amides is 1. The summed E-state index contributed by atoms with van der Waals surface area (Å²) in [6.07, 6.45) is -0.264. The number of carbonyl (C=O) groups excluding carboxylic acids is 1. The minimum absolute atomic E-state index is 0.0604. The first-order chi connectivity index (χ1) is 10.9. The number of hydrogen-bond donors (Lipinski definition) is 2. The van der Waals surface area contributed by atoms with E-state index in [1.54, 1.807) is 32.3 Å². The number of ether oxygens (including phenoxy) is 1. The van der Waals surface area contributed by atoms with Crippen molar-refractivity contribution in [3.8, 4) is 5.75 Å². The molecule has 1 unspecified atom stereocenters. The van der Waals surface area contributed by atoms with Crippen LogP contribution in [-0.2, 0) is 4.79 Å². The number of aliphatic imine (C=N–C) groups is 1. The lowest BCUT2D eigenvalue weighted by atomic mass is 10.3. The maximum atomic E-state index is 13.5. The van der Waals surface area contributed by atoms with Crippen molar-refractivity contribution >= 4 is 11.9 Å². The molecule has 0 saturated heterocycles. The molecule has 7 heteroatoms. The second-order valence-corrected chi connectivity index (χ2v) is 5.22. The fraction of sp³-hybridized carbons (Fsp3) is 0.500. The molecule has 0 heterocycles. The monoisotopic (exact) mass is 324 g/mol. The second-order valence-electron chi connectivity index (χ2n) is 5.22. The fourth-order valence-electron chi connectivity index (χ4n) is 1.67. The Bertz CT molecular complexity index is 535. The zero-order valence-corrected chi connectivity index (χ0v) is 14.1. The second kappa shape index (κ2) is 9.66. The molecule has 1 rings (SSSR count). The molecule has 1 amide bonds. The van der Waals surface area contributed by atoms with Crippen molar-refractivity contribution in [2.45, 2.75) is 20.0 Å². The van der Waals surface area contributed by atoms with Crippen LogP contribution in [0.4, 0.5) is 4.39 Å². The van der Waals surface area contributed by atoms with Gasteiger partial charge in [-0.25, -0.2) is 9.38 Å². The van der Waals surface area contributed by atoms with E-state index in [0.29, 0.717) is 19.0 Å². The Kier molecular flexibility index (Phi) is 7.87. The number of halogens is 1. The summed E-state index contributed by atoms with van der Waals surface area (Å²) in [6.45, 7) is 4.92. The molecule has 0 bridgehead atoms. The normalized spacial score (nSPS) is 12.5. The summed E-state index contributed by atoms with van der Waals surface area (Å²) in [5.74, 6) is 0.257. The molecule has 0 spiro atoms. The van der Waals surface area contributed by atoms with Crippen molar-refractivity contribution < 1.29 is 13.9 Å². The van der Waals surface area contributed by atoms with Gasteiger partial charge in [-0.2, -0.15) is 0 Å². The van der Waals surface area contributed by atoms with Gasteiger partial charge in [0, 0.05) is 20.6 Å². The van der Waals surface area contributed by atoms with Crippen LogP contribution in [0.1, 0.15) is 13.8 Å². The quantitative estimate of drug-likeness (QED) is 0.585. The Balaban J connectivity index is 2.52. The average molecular weight is 324 g/mol. The first-order valence-electron chi connectivity index (χ1n) is 7.57. The molecule has 0 radical (unpaired) electrons. The summed E-state index contributed by atoms with van der Waals surface area (Å²) in [6, 6.07) is 6.27. The molecular weight excluding hydrogens is 299 g/mol. The third kappa shape index (κ3) is 6.99. The van der Waals surface area contributed by atoms with Crippen molar-refractivity contribution in [1.29, 1.82) is 0 Å². The van der Waals surface area contributed by atoms with Crippen molar-refractivity contribution in [2.24, 2.45) is 4.99 Å². The molecule has 0 fully saturated rings. The van der Waals surface area contributed by atoms with Crippen molar-refractivity contribution in [2.75, 3.05) is 33.7 Å². The third-order valence-electron chi connectivity index (χ3n) is 2.94. The number of hydrogen-bond acceptors (Lipinski definition) is 3. The first kappa shape index (κ1) is 18.7. The van der Waals surface area contributed by atoms with Gasteiger partial charge in [-0.3, -0.25) is 4.79 Å². The summed E-state index contributed by atoms with van der Waals surface area (Å²) in [5.41, 5.74) is 0. The smallest absolute Gasteiger partial charge is 0.243 e. The number of guanidine groups is 1. The molecule has 0 aromatic heterocycles. The van der Waals surface area contributed by atoms with Crippen LogP contribution in [0, 0.1) is 5.82 Å². The molecule has 0 saturated carbocycles. The lowest BCUT2D eigenvalue weighted by Crippen LogP contribution is -2.42. The molecule has 6 nitrogen and oxygen atoms in total. The summed E-state index contributed by atoms with van der Waals surface area (Å²) in [5, 5.41) is 6.12. The highest BCUT2D eigenvalue weighted by Crippen LogP contribution is 2.16. The van der Waals surface area contributed by atoms with Crippen LogP contribution < -0.4 is 15.4 Å². The van der Waals surface area contributed by atoms with Gasteiger partial charge in [0.05, 0.1) is 6.54 Å². The maximum Gasteiger partial charge on any atom is 0.243 e. The summed E-state index contributed by atoms with van der Waals surface area (Å²) < 4.78 is 19.1. The standard InChI is InChI=1S/C16H25FN4O2/c1-5-18-16(20-11-15(22)21(3)4)19-10-12(2)23-14-9-7-6-8-13(14)17/h6-9,12H,5,10-11H2,1-4H3,(H2,18,19,20). The van der Waals surface area contributed by atoms with Crippen LogP contribution in [-0.4, -0.2) is 56.6 Å². The lowest BCUT2D eigenvalue weighted by Gasteiger charge is -2.18. The Morgan fingerprint density at radius 2 is 2.04 bits per heavy atom. The predicted molar refractivity (Wildman–Crippen MR) is 89.2 cm³/mol. The molecule has 1 atom stereocenters. The van der Waals surface area contributed by atoms with Crippen molar-refractivity contribution in [1.82, 2.24) is 15.5 Å². The van der Waals surface area contributed by atoms with Crippen molar-refractivity contribution in [3.05, 3.63) is 30.1 Å². The van der Waals surface area contributed by atoms with Gasteiger partial charge in [0.1, 0.15) is 12.6 Å². The van der Waals surface area contributed by atoms with Gasteiger partial charge < -0.3 is 20.3 Å². The molecule has 0 aliphatic carbocycles. The lowest BCUT2D eigenvalue weighted by molar-refractivity contribution is -0.127. The largest absolute Gasteiger partial charge is 0.486 e. The maximum absolute atomic E-state index is 13.5. The predicted octanol–water partition coefficient (Wildman–Crippen LogP) is 1.24. The number of likely N-dealkylation sites (N-methyl/N-ethyl adjacent to an activating group) is 1. The highest BCUT2D eigenvalue weighted by Gasteiger charge is 2.09. The van der Waals surface area contributed by atoms with E-state index in [4.69, 9.17) is 4.74 Å². The van der Waals surface area contributed by atoms with E-state index >= 15 is 0 Å². The third-order valence-corrected chi connectivity index (χ3v) is 2.94. The molecule has 1 aromatic carbocycles. The zero-order chi connectivity index (χ0) is 17.2. The van der Waals surface area contributed by atoms with E-state index in [2.05, 4.69) is 15.6 Å². The minimum Gasteiger partial charge on any atom is -0.486 e.